The van der Waals surface area contributed by atoms with E-state index in [0.717, 1.165) is 19.4 Å². The van der Waals surface area contributed by atoms with E-state index >= 15 is 0 Å². The molecule has 0 bridgehead atoms. The average Bonchev–Trinajstić information content (AvgIpc) is 2.25. The van der Waals surface area contributed by atoms with E-state index in [2.05, 4.69) is 19.9 Å². The van der Waals surface area contributed by atoms with Gasteiger partial charge < -0.3 is 9.84 Å². The Hall–Kier alpha value is -0.630. The normalized spacial score (nSPS) is 13.4. The Morgan fingerprint density at radius 3 is 2.35 bits per heavy atom. The molecular formula is C13H26N2O2. The van der Waals surface area contributed by atoms with Crippen LogP contribution in [0.15, 0.2) is 0 Å². The highest BCUT2D eigenvalue weighted by Crippen LogP contribution is 2.09. The van der Waals surface area contributed by atoms with Crippen LogP contribution in [0.25, 0.3) is 0 Å². The van der Waals surface area contributed by atoms with Crippen LogP contribution in [0, 0.1) is 17.2 Å². The maximum Gasteiger partial charge on any atom is 0.216 e. The van der Waals surface area contributed by atoms with Gasteiger partial charge in [-0.05, 0) is 32.6 Å². The van der Waals surface area contributed by atoms with E-state index in [1.165, 1.54) is 0 Å². The molecule has 17 heavy (non-hydrogen) atoms. The Morgan fingerprint density at radius 2 is 1.88 bits per heavy atom. The lowest BCUT2D eigenvalue weighted by atomic mass is 10.2. The summed E-state index contributed by atoms with van der Waals surface area (Å²) >= 11 is 0. The van der Waals surface area contributed by atoms with Crippen LogP contribution in [-0.4, -0.2) is 35.6 Å². The molecule has 1 unspecified atom stereocenters. The van der Waals surface area contributed by atoms with Crippen molar-refractivity contribution in [3.63, 3.8) is 0 Å². The van der Waals surface area contributed by atoms with Crippen molar-refractivity contribution in [3.05, 3.63) is 0 Å². The Balaban J connectivity index is 3.99. The fourth-order valence-corrected chi connectivity index (χ4v) is 1.50. The number of rotatable bonds is 9. The summed E-state index contributed by atoms with van der Waals surface area (Å²) in [6.07, 6.45) is 1.53. The fraction of sp³-hybridized carbons (Fsp3) is 0.923. The summed E-state index contributed by atoms with van der Waals surface area (Å²) in [5.74, 6) is 0.414. The topological polar surface area (TPSA) is 56.5 Å². The molecule has 100 valence electrons. The first-order valence-electron chi connectivity index (χ1n) is 6.41. The summed E-state index contributed by atoms with van der Waals surface area (Å²) in [5.41, 5.74) is 0. The number of unbranched alkanes of at least 4 members (excludes halogenated alkanes) is 2. The maximum absolute atomic E-state index is 9.92. The summed E-state index contributed by atoms with van der Waals surface area (Å²) in [6, 6.07) is 2.36. The van der Waals surface area contributed by atoms with Crippen LogP contribution >= 0.6 is 0 Å². The monoisotopic (exact) mass is 242 g/mol. The molecule has 0 aromatic carbocycles. The molecule has 4 nitrogen and oxygen atoms in total. The molecule has 0 aliphatic rings. The summed E-state index contributed by atoms with van der Waals surface area (Å²) in [5, 5.41) is 18.4. The van der Waals surface area contributed by atoms with Gasteiger partial charge in [0, 0.05) is 19.0 Å². The minimum Gasteiger partial charge on any atom is -0.356 e. The SMILES string of the molecule is CC(C)COC(O)N(CCCCC#N)C(C)C. The molecule has 0 aromatic heterocycles. The highest BCUT2D eigenvalue weighted by molar-refractivity contribution is 4.69. The Labute approximate surface area is 105 Å². The number of nitrogens with zero attached hydrogens (tertiary/aromatic N) is 2. The molecule has 0 radical (unpaired) electrons. The maximum atomic E-state index is 9.92. The molecule has 0 fully saturated rings. The van der Waals surface area contributed by atoms with Crippen molar-refractivity contribution in [2.45, 2.75) is 59.4 Å². The molecule has 0 amide bonds. The zero-order valence-corrected chi connectivity index (χ0v) is 11.5. The van der Waals surface area contributed by atoms with E-state index in [1.807, 2.05) is 18.7 Å². The molecule has 0 aromatic rings. The molecule has 0 saturated heterocycles. The van der Waals surface area contributed by atoms with Crippen LogP contribution in [0.5, 0.6) is 0 Å². The van der Waals surface area contributed by atoms with Crippen LogP contribution < -0.4 is 0 Å². The number of nitriles is 1. The van der Waals surface area contributed by atoms with Gasteiger partial charge in [-0.25, -0.2) is 0 Å². The van der Waals surface area contributed by atoms with Gasteiger partial charge in [-0.3, -0.25) is 4.90 Å². The Kier molecular flexibility index (Phi) is 9.06. The fourth-order valence-electron chi connectivity index (χ4n) is 1.50. The minimum absolute atomic E-state index is 0.235. The number of aliphatic hydroxyl groups excluding tert-OH is 1. The van der Waals surface area contributed by atoms with Crippen molar-refractivity contribution in [3.8, 4) is 6.07 Å². The van der Waals surface area contributed by atoms with Crippen LogP contribution in [-0.2, 0) is 4.74 Å². The predicted molar refractivity (Wildman–Crippen MR) is 68.1 cm³/mol. The lowest BCUT2D eigenvalue weighted by molar-refractivity contribution is -0.207. The Morgan fingerprint density at radius 1 is 1.24 bits per heavy atom. The van der Waals surface area contributed by atoms with E-state index < -0.39 is 6.41 Å². The number of hydrogen-bond donors (Lipinski definition) is 1. The highest BCUT2D eigenvalue weighted by Gasteiger charge is 2.19. The molecule has 1 atom stereocenters. The van der Waals surface area contributed by atoms with Crippen LogP contribution in [0.1, 0.15) is 47.0 Å². The van der Waals surface area contributed by atoms with Crippen molar-refractivity contribution in [2.24, 2.45) is 5.92 Å². The molecule has 0 aliphatic heterocycles. The second kappa shape index (κ2) is 9.41. The van der Waals surface area contributed by atoms with Gasteiger partial charge >= 0.3 is 0 Å². The van der Waals surface area contributed by atoms with Crippen LogP contribution in [0.3, 0.4) is 0 Å². The van der Waals surface area contributed by atoms with E-state index in [1.54, 1.807) is 0 Å². The van der Waals surface area contributed by atoms with Gasteiger partial charge in [-0.15, -0.1) is 0 Å². The van der Waals surface area contributed by atoms with Crippen LogP contribution in [0.4, 0.5) is 0 Å². The molecule has 0 saturated carbocycles. The predicted octanol–water partition coefficient (Wildman–Crippen LogP) is 2.34. The zero-order valence-electron chi connectivity index (χ0n) is 11.5. The molecule has 0 aliphatic carbocycles. The molecule has 0 heterocycles. The van der Waals surface area contributed by atoms with E-state index in [-0.39, 0.29) is 6.04 Å². The van der Waals surface area contributed by atoms with Gasteiger partial charge in [-0.2, -0.15) is 5.26 Å². The van der Waals surface area contributed by atoms with Crippen molar-refractivity contribution < 1.29 is 9.84 Å². The van der Waals surface area contributed by atoms with Gasteiger partial charge in [0.2, 0.25) is 6.41 Å². The number of hydrogen-bond acceptors (Lipinski definition) is 4. The first kappa shape index (κ1) is 16.4. The van der Waals surface area contributed by atoms with Crippen LogP contribution in [0.2, 0.25) is 0 Å². The van der Waals surface area contributed by atoms with Crippen molar-refractivity contribution in [1.29, 1.82) is 5.26 Å². The standard InChI is InChI=1S/C13H26N2O2/c1-11(2)10-17-13(16)15(12(3)4)9-7-5-6-8-14/h11-13,16H,5-7,9-10H2,1-4H3. The third-order valence-electron chi connectivity index (χ3n) is 2.48. The third-order valence-corrected chi connectivity index (χ3v) is 2.48. The highest BCUT2D eigenvalue weighted by atomic mass is 16.6. The van der Waals surface area contributed by atoms with E-state index in [4.69, 9.17) is 10.00 Å². The van der Waals surface area contributed by atoms with E-state index in [0.29, 0.717) is 18.9 Å². The second-order valence-corrected chi connectivity index (χ2v) is 5.00. The smallest absolute Gasteiger partial charge is 0.216 e. The molecular weight excluding hydrogens is 216 g/mol. The Bertz CT molecular complexity index is 224. The average molecular weight is 242 g/mol. The summed E-state index contributed by atoms with van der Waals surface area (Å²) < 4.78 is 5.40. The zero-order chi connectivity index (χ0) is 13.3. The number of aliphatic hydroxyl groups is 1. The molecule has 0 rings (SSSR count). The van der Waals surface area contributed by atoms with E-state index in [9.17, 15) is 5.11 Å². The molecule has 1 N–H and O–H groups in total. The van der Waals surface area contributed by atoms with Crippen molar-refractivity contribution in [1.82, 2.24) is 4.90 Å². The van der Waals surface area contributed by atoms with Crippen molar-refractivity contribution in [2.75, 3.05) is 13.2 Å². The minimum atomic E-state index is -0.834. The quantitative estimate of drug-likeness (QED) is 0.498. The largest absolute Gasteiger partial charge is 0.356 e. The first-order valence-corrected chi connectivity index (χ1v) is 6.41. The van der Waals surface area contributed by atoms with Gasteiger partial charge in [0.05, 0.1) is 12.7 Å². The van der Waals surface area contributed by atoms with Crippen molar-refractivity contribution >= 4 is 0 Å². The molecule has 4 heteroatoms. The first-order chi connectivity index (χ1) is 7.99. The van der Waals surface area contributed by atoms with Gasteiger partial charge in [0.25, 0.3) is 0 Å². The van der Waals surface area contributed by atoms with Gasteiger partial charge in [0.1, 0.15) is 0 Å². The number of ether oxygens (including phenoxy) is 1. The van der Waals surface area contributed by atoms with Gasteiger partial charge in [0.15, 0.2) is 0 Å². The lowest BCUT2D eigenvalue weighted by Gasteiger charge is -2.31. The lowest BCUT2D eigenvalue weighted by Crippen LogP contribution is -2.43. The molecule has 0 spiro atoms. The summed E-state index contributed by atoms with van der Waals surface area (Å²) in [4.78, 5) is 1.92. The summed E-state index contributed by atoms with van der Waals surface area (Å²) in [7, 11) is 0. The summed E-state index contributed by atoms with van der Waals surface area (Å²) in [6.45, 7) is 9.50. The van der Waals surface area contributed by atoms with Gasteiger partial charge in [-0.1, -0.05) is 13.8 Å². The second-order valence-electron chi connectivity index (χ2n) is 5.00. The third kappa shape index (κ3) is 8.14.